The number of nitro benzene ring substituents is 1. The number of hydrogen-bond acceptors (Lipinski definition) is 4. The molecule has 0 fully saturated rings. The predicted molar refractivity (Wildman–Crippen MR) is 79.9 cm³/mol. The molecule has 1 amide bonds. The molecule has 0 unspecified atom stereocenters. The van der Waals surface area contributed by atoms with Crippen molar-refractivity contribution in [1.29, 1.82) is 0 Å². The summed E-state index contributed by atoms with van der Waals surface area (Å²) in [5.74, 6) is -0.357. The molecule has 1 heterocycles. The Balaban J connectivity index is 2.18. The number of carbonyl (C=O) groups is 1. The molecule has 2 aromatic rings. The van der Waals surface area contributed by atoms with Crippen molar-refractivity contribution < 1.29 is 9.72 Å². The molecule has 1 N–H and O–H groups in total. The molecule has 0 aliphatic heterocycles. The first kappa shape index (κ1) is 15.2. The van der Waals surface area contributed by atoms with Crippen LogP contribution < -0.4 is 5.32 Å². The molecule has 1 aromatic carbocycles. The van der Waals surface area contributed by atoms with Crippen molar-refractivity contribution in [2.45, 2.75) is 13.5 Å². The fraction of sp³-hybridized carbons (Fsp3) is 0.231. The van der Waals surface area contributed by atoms with E-state index >= 15 is 0 Å². The van der Waals surface area contributed by atoms with Crippen LogP contribution in [0.3, 0.4) is 0 Å². The van der Waals surface area contributed by atoms with Gasteiger partial charge in [-0.1, -0.05) is 6.07 Å². The summed E-state index contributed by atoms with van der Waals surface area (Å²) in [4.78, 5) is 22.6. The van der Waals surface area contributed by atoms with Crippen molar-refractivity contribution in [2.24, 2.45) is 7.05 Å². The lowest BCUT2D eigenvalue weighted by atomic mass is 10.1. The molecule has 0 aliphatic rings. The molecule has 0 saturated heterocycles. The molecular weight excluding hydrogens is 340 g/mol. The molecular formula is C13H13BrN4O3. The van der Waals surface area contributed by atoms with Gasteiger partial charge in [0, 0.05) is 24.2 Å². The zero-order chi connectivity index (χ0) is 15.6. The van der Waals surface area contributed by atoms with Crippen LogP contribution in [0, 0.1) is 17.0 Å². The van der Waals surface area contributed by atoms with Crippen LogP contribution in [0.15, 0.2) is 28.9 Å². The molecule has 1 aromatic heterocycles. The van der Waals surface area contributed by atoms with E-state index in [0.717, 1.165) is 10.2 Å². The van der Waals surface area contributed by atoms with E-state index in [9.17, 15) is 14.9 Å². The summed E-state index contributed by atoms with van der Waals surface area (Å²) in [5.41, 5.74) is 1.39. The number of aryl methyl sites for hydroxylation is 1. The highest BCUT2D eigenvalue weighted by Gasteiger charge is 2.18. The van der Waals surface area contributed by atoms with Crippen LogP contribution in [0.1, 0.15) is 21.6 Å². The van der Waals surface area contributed by atoms with Gasteiger partial charge in [-0.2, -0.15) is 5.10 Å². The maximum Gasteiger partial charge on any atom is 0.273 e. The summed E-state index contributed by atoms with van der Waals surface area (Å²) in [7, 11) is 1.77. The Labute approximate surface area is 129 Å². The number of aromatic nitrogens is 2. The molecule has 0 spiro atoms. The second-order valence-electron chi connectivity index (χ2n) is 4.45. The van der Waals surface area contributed by atoms with Gasteiger partial charge in [-0.25, -0.2) is 0 Å². The second-order valence-corrected chi connectivity index (χ2v) is 5.31. The summed E-state index contributed by atoms with van der Waals surface area (Å²) >= 11 is 3.34. The summed E-state index contributed by atoms with van der Waals surface area (Å²) in [5, 5.41) is 17.7. The summed E-state index contributed by atoms with van der Waals surface area (Å²) in [6, 6.07) is 4.44. The molecule has 0 radical (unpaired) electrons. The Hall–Kier alpha value is -2.22. The lowest BCUT2D eigenvalue weighted by molar-refractivity contribution is -0.385. The molecule has 21 heavy (non-hydrogen) atoms. The average molecular weight is 353 g/mol. The van der Waals surface area contributed by atoms with Gasteiger partial charge in [0.15, 0.2) is 0 Å². The maximum atomic E-state index is 12.2. The summed E-state index contributed by atoms with van der Waals surface area (Å²) in [6.07, 6.45) is 1.64. The number of hydrogen-bond donors (Lipinski definition) is 1. The van der Waals surface area contributed by atoms with Gasteiger partial charge < -0.3 is 5.32 Å². The maximum absolute atomic E-state index is 12.2. The molecule has 0 aliphatic carbocycles. The van der Waals surface area contributed by atoms with Crippen LogP contribution in [-0.4, -0.2) is 20.6 Å². The molecule has 2 rings (SSSR count). The van der Waals surface area contributed by atoms with Gasteiger partial charge in [-0.05, 0) is 28.9 Å². The van der Waals surface area contributed by atoms with Gasteiger partial charge in [-0.15, -0.1) is 0 Å². The quantitative estimate of drug-likeness (QED) is 0.675. The monoisotopic (exact) mass is 352 g/mol. The van der Waals surface area contributed by atoms with Crippen LogP contribution in [0.2, 0.25) is 0 Å². The topological polar surface area (TPSA) is 90.1 Å². The number of amides is 1. The van der Waals surface area contributed by atoms with Crippen molar-refractivity contribution in [3.05, 3.63) is 55.8 Å². The highest BCUT2D eigenvalue weighted by Crippen LogP contribution is 2.21. The summed E-state index contributed by atoms with van der Waals surface area (Å²) in [6.45, 7) is 1.84. The molecule has 110 valence electrons. The van der Waals surface area contributed by atoms with Crippen LogP contribution in [0.25, 0.3) is 0 Å². The van der Waals surface area contributed by atoms with E-state index in [4.69, 9.17) is 0 Å². The molecule has 0 saturated carbocycles. The minimum absolute atomic E-state index is 0.0654. The average Bonchev–Trinajstić information content (AvgIpc) is 2.75. The van der Waals surface area contributed by atoms with E-state index in [2.05, 4.69) is 26.3 Å². The largest absolute Gasteiger partial charge is 0.346 e. The lowest BCUT2D eigenvalue weighted by Gasteiger charge is -2.08. The van der Waals surface area contributed by atoms with E-state index in [0.29, 0.717) is 11.1 Å². The zero-order valence-corrected chi connectivity index (χ0v) is 13.0. The number of halogens is 1. The number of carbonyl (C=O) groups excluding carboxylic acids is 1. The van der Waals surface area contributed by atoms with E-state index in [1.54, 1.807) is 30.9 Å². The molecule has 0 bridgehead atoms. The van der Waals surface area contributed by atoms with Crippen LogP contribution in [0.5, 0.6) is 0 Å². The Morgan fingerprint density at radius 3 is 2.81 bits per heavy atom. The third-order valence-electron chi connectivity index (χ3n) is 3.17. The van der Waals surface area contributed by atoms with Crippen molar-refractivity contribution >= 4 is 27.5 Å². The van der Waals surface area contributed by atoms with E-state index < -0.39 is 4.92 Å². The van der Waals surface area contributed by atoms with Crippen molar-refractivity contribution in [2.75, 3.05) is 0 Å². The van der Waals surface area contributed by atoms with Gasteiger partial charge in [0.25, 0.3) is 11.6 Å². The van der Waals surface area contributed by atoms with E-state index in [-0.39, 0.29) is 18.1 Å². The van der Waals surface area contributed by atoms with Crippen molar-refractivity contribution in [3.63, 3.8) is 0 Å². The minimum Gasteiger partial charge on any atom is -0.346 e. The Morgan fingerprint density at radius 1 is 1.52 bits per heavy atom. The first-order chi connectivity index (χ1) is 9.91. The van der Waals surface area contributed by atoms with E-state index in [1.807, 2.05) is 0 Å². The van der Waals surface area contributed by atoms with Crippen LogP contribution >= 0.6 is 15.9 Å². The van der Waals surface area contributed by atoms with Gasteiger partial charge in [0.2, 0.25) is 0 Å². The number of rotatable bonds is 4. The van der Waals surface area contributed by atoms with Crippen LogP contribution in [-0.2, 0) is 13.6 Å². The van der Waals surface area contributed by atoms with Gasteiger partial charge >= 0.3 is 0 Å². The van der Waals surface area contributed by atoms with Crippen molar-refractivity contribution in [3.8, 4) is 0 Å². The SMILES string of the molecule is Cc1c(C(=O)NCc2c(Br)cnn2C)cccc1[N+](=O)[O-]. The number of nitro groups is 1. The second kappa shape index (κ2) is 6.04. The molecule has 7 nitrogen and oxygen atoms in total. The normalized spacial score (nSPS) is 10.4. The first-order valence-corrected chi connectivity index (χ1v) is 6.89. The highest BCUT2D eigenvalue weighted by atomic mass is 79.9. The number of nitrogens with zero attached hydrogens (tertiary/aromatic N) is 3. The van der Waals surface area contributed by atoms with Crippen molar-refractivity contribution in [1.82, 2.24) is 15.1 Å². The zero-order valence-electron chi connectivity index (χ0n) is 11.5. The summed E-state index contributed by atoms with van der Waals surface area (Å²) < 4.78 is 2.44. The van der Waals surface area contributed by atoms with Crippen LogP contribution in [0.4, 0.5) is 5.69 Å². The first-order valence-electron chi connectivity index (χ1n) is 6.10. The predicted octanol–water partition coefficient (Wildman–Crippen LogP) is 2.33. The Kier molecular flexibility index (Phi) is 4.37. The highest BCUT2D eigenvalue weighted by molar-refractivity contribution is 9.10. The third kappa shape index (κ3) is 3.10. The standard InChI is InChI=1S/C13H13BrN4O3/c1-8-9(4-3-5-11(8)18(20)21)13(19)15-7-12-10(14)6-16-17(12)2/h3-6H,7H2,1-2H3,(H,15,19). The Morgan fingerprint density at radius 2 is 2.24 bits per heavy atom. The van der Waals surface area contributed by atoms with E-state index in [1.165, 1.54) is 12.1 Å². The fourth-order valence-electron chi connectivity index (χ4n) is 1.96. The molecule has 0 atom stereocenters. The number of benzene rings is 1. The third-order valence-corrected chi connectivity index (χ3v) is 3.84. The van der Waals surface area contributed by atoms with Gasteiger partial charge in [-0.3, -0.25) is 19.6 Å². The molecule has 8 heteroatoms. The lowest BCUT2D eigenvalue weighted by Crippen LogP contribution is -2.25. The van der Waals surface area contributed by atoms with Gasteiger partial charge in [0.1, 0.15) is 0 Å². The van der Waals surface area contributed by atoms with Gasteiger partial charge in [0.05, 0.1) is 27.8 Å². The fourth-order valence-corrected chi connectivity index (χ4v) is 2.45. The number of nitrogens with one attached hydrogen (secondary N) is 1. The minimum atomic E-state index is -0.496. The smallest absolute Gasteiger partial charge is 0.273 e. The Bertz CT molecular complexity index is 692.